The van der Waals surface area contributed by atoms with E-state index in [0.29, 0.717) is 6.42 Å². The van der Waals surface area contributed by atoms with Gasteiger partial charge in [0.05, 0.1) is 11.9 Å². The zero-order valence-corrected chi connectivity index (χ0v) is 24.8. The minimum absolute atomic E-state index is 0.0860. The lowest BCUT2D eigenvalue weighted by molar-refractivity contribution is -0.140. The Morgan fingerprint density at radius 2 is 1.57 bits per heavy atom. The van der Waals surface area contributed by atoms with E-state index < -0.39 is 40.2 Å². The van der Waals surface area contributed by atoms with Crippen molar-refractivity contribution in [2.45, 2.75) is 45.3 Å². The molecule has 0 saturated heterocycles. The highest BCUT2D eigenvalue weighted by Crippen LogP contribution is 2.27. The smallest absolute Gasteiger partial charge is 0.244 e. The summed E-state index contributed by atoms with van der Waals surface area (Å²) in [5.74, 6) is -1.69. The fourth-order valence-electron chi connectivity index (χ4n) is 4.10. The van der Waals surface area contributed by atoms with E-state index in [1.165, 1.54) is 41.3 Å². The van der Waals surface area contributed by atoms with Crippen LogP contribution in [0.4, 0.5) is 10.1 Å². The molecule has 0 bridgehead atoms. The molecule has 0 saturated carbocycles. The first-order chi connectivity index (χ1) is 18.9. The van der Waals surface area contributed by atoms with Crippen LogP contribution in [0, 0.1) is 5.82 Å². The Kier molecular flexibility index (Phi) is 11.0. The minimum Gasteiger partial charge on any atom is -0.352 e. The van der Waals surface area contributed by atoms with E-state index in [4.69, 9.17) is 23.2 Å². The molecule has 2 amide bonds. The Morgan fingerprint density at radius 3 is 2.15 bits per heavy atom. The third kappa shape index (κ3) is 8.68. The molecule has 0 spiro atoms. The number of amides is 2. The number of anilines is 1. The molecular weight excluding hydrogens is 576 g/mol. The SMILES string of the molecule is CC[C@H](C)NC(=O)[C@H](Cc1ccccc1)N(Cc1ccccc1F)C(=O)CN(c1cc(Cl)cc(Cl)c1)S(C)(=O)=O. The lowest BCUT2D eigenvalue weighted by Gasteiger charge is -2.34. The van der Waals surface area contributed by atoms with Crippen LogP contribution in [0.2, 0.25) is 10.0 Å². The fraction of sp³-hybridized carbons (Fsp3) is 0.310. The van der Waals surface area contributed by atoms with E-state index in [2.05, 4.69) is 5.32 Å². The largest absolute Gasteiger partial charge is 0.352 e. The zero-order valence-electron chi connectivity index (χ0n) is 22.5. The topological polar surface area (TPSA) is 86.8 Å². The molecule has 0 heterocycles. The van der Waals surface area contributed by atoms with Crippen LogP contribution >= 0.6 is 23.2 Å². The van der Waals surface area contributed by atoms with Crippen molar-refractivity contribution in [1.82, 2.24) is 10.2 Å². The number of hydrogen-bond donors (Lipinski definition) is 1. The van der Waals surface area contributed by atoms with Gasteiger partial charge in [0.2, 0.25) is 21.8 Å². The molecule has 1 N–H and O–H groups in total. The second kappa shape index (κ2) is 14.0. The molecule has 0 aliphatic rings. The summed E-state index contributed by atoms with van der Waals surface area (Å²) in [5, 5.41) is 3.29. The number of carbonyl (C=O) groups excluding carboxylic acids is 2. The van der Waals surface area contributed by atoms with Crippen LogP contribution in [0.3, 0.4) is 0 Å². The van der Waals surface area contributed by atoms with Crippen LogP contribution in [0.15, 0.2) is 72.8 Å². The molecule has 2 atom stereocenters. The third-order valence-corrected chi connectivity index (χ3v) is 7.96. The minimum atomic E-state index is -3.99. The second-order valence-corrected chi connectivity index (χ2v) is 12.3. The molecule has 11 heteroatoms. The Bertz CT molecular complexity index is 1420. The molecule has 0 radical (unpaired) electrons. The maximum absolute atomic E-state index is 14.8. The Balaban J connectivity index is 2.09. The highest BCUT2D eigenvalue weighted by molar-refractivity contribution is 7.92. The van der Waals surface area contributed by atoms with E-state index in [-0.39, 0.29) is 40.3 Å². The first-order valence-corrected chi connectivity index (χ1v) is 15.3. The maximum atomic E-state index is 14.8. The number of nitrogens with one attached hydrogen (secondary N) is 1. The fourth-order valence-corrected chi connectivity index (χ4v) is 5.45. The van der Waals surface area contributed by atoms with E-state index in [9.17, 15) is 22.4 Å². The van der Waals surface area contributed by atoms with Gasteiger partial charge in [-0.3, -0.25) is 13.9 Å². The Hall–Kier alpha value is -3.14. The summed E-state index contributed by atoms with van der Waals surface area (Å²) in [6.07, 6.45) is 1.74. The van der Waals surface area contributed by atoms with Gasteiger partial charge in [0, 0.05) is 34.6 Å². The summed E-state index contributed by atoms with van der Waals surface area (Å²) >= 11 is 12.2. The van der Waals surface area contributed by atoms with Gasteiger partial charge in [0.1, 0.15) is 18.4 Å². The summed E-state index contributed by atoms with van der Waals surface area (Å²) < 4.78 is 41.3. The normalized spacial score (nSPS) is 12.8. The average molecular weight is 609 g/mol. The van der Waals surface area contributed by atoms with E-state index in [1.807, 2.05) is 44.2 Å². The van der Waals surface area contributed by atoms with Crippen molar-refractivity contribution in [3.63, 3.8) is 0 Å². The third-order valence-electron chi connectivity index (χ3n) is 6.39. The standard InChI is InChI=1S/C29H32Cl2FN3O4S/c1-4-20(2)33-29(37)27(14-21-10-6-5-7-11-21)34(18-22-12-8-9-13-26(22)32)28(36)19-35(40(3,38)39)25-16-23(30)15-24(31)17-25/h5-13,15-17,20,27H,4,14,18-19H2,1-3H3,(H,33,37)/t20-,27-/m0/s1. The van der Waals surface area contributed by atoms with E-state index in [0.717, 1.165) is 16.1 Å². The molecular formula is C29H32Cl2FN3O4S. The van der Waals surface area contributed by atoms with Gasteiger partial charge in [0.15, 0.2) is 0 Å². The highest BCUT2D eigenvalue weighted by atomic mass is 35.5. The summed E-state index contributed by atoms with van der Waals surface area (Å²) in [5.41, 5.74) is 1.05. The highest BCUT2D eigenvalue weighted by Gasteiger charge is 2.34. The summed E-state index contributed by atoms with van der Waals surface area (Å²) in [7, 11) is -3.99. The first-order valence-electron chi connectivity index (χ1n) is 12.7. The van der Waals surface area contributed by atoms with Gasteiger partial charge in [-0.2, -0.15) is 0 Å². The Morgan fingerprint density at radius 1 is 0.975 bits per heavy atom. The molecule has 0 unspecified atom stereocenters. The number of benzene rings is 3. The van der Waals surface area contributed by atoms with E-state index >= 15 is 0 Å². The molecule has 40 heavy (non-hydrogen) atoms. The van der Waals surface area contributed by atoms with Crippen molar-refractivity contribution in [3.05, 3.63) is 99.8 Å². The van der Waals surface area contributed by atoms with Crippen LogP contribution in [-0.4, -0.2) is 50.0 Å². The van der Waals surface area contributed by atoms with Crippen molar-refractivity contribution >= 4 is 50.7 Å². The molecule has 0 fully saturated rings. The van der Waals surface area contributed by atoms with Gasteiger partial charge in [0.25, 0.3) is 0 Å². The average Bonchev–Trinajstić information content (AvgIpc) is 2.89. The lowest BCUT2D eigenvalue weighted by Crippen LogP contribution is -2.54. The molecule has 0 aliphatic carbocycles. The number of hydrogen-bond acceptors (Lipinski definition) is 4. The first kappa shape index (κ1) is 31.4. The van der Waals surface area contributed by atoms with Crippen LogP contribution in [0.5, 0.6) is 0 Å². The number of sulfonamides is 1. The summed E-state index contributed by atoms with van der Waals surface area (Å²) in [6, 6.07) is 18.0. The second-order valence-electron chi connectivity index (χ2n) is 9.53. The van der Waals surface area contributed by atoms with Crippen LogP contribution in [-0.2, 0) is 32.6 Å². The number of rotatable bonds is 12. The van der Waals surface area contributed by atoms with Gasteiger partial charge < -0.3 is 10.2 Å². The zero-order chi connectivity index (χ0) is 29.4. The van der Waals surface area contributed by atoms with Gasteiger partial charge in [-0.1, -0.05) is 78.7 Å². The predicted molar refractivity (Wildman–Crippen MR) is 157 cm³/mol. The van der Waals surface area contributed by atoms with Gasteiger partial charge in [-0.25, -0.2) is 12.8 Å². The monoisotopic (exact) mass is 607 g/mol. The summed E-state index contributed by atoms with van der Waals surface area (Å²) in [6.45, 7) is 2.84. The molecule has 3 rings (SSSR count). The number of carbonyl (C=O) groups is 2. The molecule has 0 aliphatic heterocycles. The molecule has 214 valence electrons. The van der Waals surface area contributed by atoms with Crippen molar-refractivity contribution < 1.29 is 22.4 Å². The lowest BCUT2D eigenvalue weighted by atomic mass is 10.0. The molecule has 0 aromatic heterocycles. The number of halogens is 3. The van der Waals surface area contributed by atoms with Crippen molar-refractivity contribution in [1.29, 1.82) is 0 Å². The molecule has 3 aromatic carbocycles. The molecule has 3 aromatic rings. The van der Waals surface area contributed by atoms with Crippen LogP contribution in [0.25, 0.3) is 0 Å². The van der Waals surface area contributed by atoms with Crippen LogP contribution in [0.1, 0.15) is 31.4 Å². The molecule has 7 nitrogen and oxygen atoms in total. The number of nitrogens with zero attached hydrogens (tertiary/aromatic N) is 2. The maximum Gasteiger partial charge on any atom is 0.244 e. The van der Waals surface area contributed by atoms with E-state index in [1.54, 1.807) is 6.07 Å². The quantitative estimate of drug-likeness (QED) is 0.296. The van der Waals surface area contributed by atoms with Crippen LogP contribution < -0.4 is 9.62 Å². The van der Waals surface area contributed by atoms with Gasteiger partial charge in [-0.15, -0.1) is 0 Å². The van der Waals surface area contributed by atoms with Crippen molar-refractivity contribution in [2.75, 3.05) is 17.1 Å². The summed E-state index contributed by atoms with van der Waals surface area (Å²) in [4.78, 5) is 28.8. The van der Waals surface area contributed by atoms with Crippen molar-refractivity contribution in [3.8, 4) is 0 Å². The Labute approximate surface area is 244 Å². The predicted octanol–water partition coefficient (Wildman–Crippen LogP) is 5.45. The van der Waals surface area contributed by atoms with Gasteiger partial charge >= 0.3 is 0 Å². The van der Waals surface area contributed by atoms with Gasteiger partial charge in [-0.05, 0) is 43.2 Å². The van der Waals surface area contributed by atoms with Crippen molar-refractivity contribution in [2.24, 2.45) is 0 Å².